The van der Waals surface area contributed by atoms with E-state index in [1.165, 1.54) is 0 Å². The summed E-state index contributed by atoms with van der Waals surface area (Å²) in [6, 6.07) is 8.00. The highest BCUT2D eigenvalue weighted by Gasteiger charge is 2.19. The van der Waals surface area contributed by atoms with E-state index >= 15 is 0 Å². The molecule has 0 bridgehead atoms. The van der Waals surface area contributed by atoms with Crippen molar-refractivity contribution < 1.29 is 24.6 Å². The first-order chi connectivity index (χ1) is 10.5. The summed E-state index contributed by atoms with van der Waals surface area (Å²) < 4.78 is 0. The van der Waals surface area contributed by atoms with Crippen LogP contribution in [0.3, 0.4) is 0 Å². The van der Waals surface area contributed by atoms with Crippen molar-refractivity contribution in [1.82, 2.24) is 5.32 Å². The van der Waals surface area contributed by atoms with Gasteiger partial charge in [0.2, 0.25) is 5.91 Å². The molecule has 1 unspecified atom stereocenters. The molecule has 0 saturated heterocycles. The Kier molecular flexibility index (Phi) is 7.38. The fourth-order valence-electron chi connectivity index (χ4n) is 1.84. The van der Waals surface area contributed by atoms with E-state index in [9.17, 15) is 19.7 Å². The molecule has 2 N–H and O–H groups in total. The lowest BCUT2D eigenvalue weighted by Gasteiger charge is -2.14. The smallest absolute Gasteiger partial charge is 0.326 e. The maximum absolute atomic E-state index is 11.7. The number of benzene rings is 1. The van der Waals surface area contributed by atoms with Gasteiger partial charge in [-0.1, -0.05) is 30.3 Å². The van der Waals surface area contributed by atoms with E-state index in [1.54, 1.807) is 24.3 Å². The maximum atomic E-state index is 11.7. The molecule has 0 fully saturated rings. The van der Waals surface area contributed by atoms with Crippen LogP contribution in [0.25, 0.3) is 0 Å². The summed E-state index contributed by atoms with van der Waals surface area (Å²) in [6.07, 6.45) is 1.04. The standard InChI is InChI=1S/C14H18N2O6/c17-13(8-4-5-9-22-16(20)21)15-12(14(18)19)10-11-6-2-1-3-7-11/h1-3,6-7,12H,4-5,8-10H2,(H,15,17)(H,18,19). The van der Waals surface area contributed by atoms with E-state index in [0.29, 0.717) is 12.8 Å². The molecule has 0 saturated carbocycles. The zero-order valence-electron chi connectivity index (χ0n) is 11.9. The monoisotopic (exact) mass is 310 g/mol. The van der Waals surface area contributed by atoms with Crippen molar-refractivity contribution in [3.05, 3.63) is 46.0 Å². The third-order valence-electron chi connectivity index (χ3n) is 2.91. The van der Waals surface area contributed by atoms with Gasteiger partial charge in [-0.05, 0) is 18.4 Å². The van der Waals surface area contributed by atoms with Crippen LogP contribution in [0.15, 0.2) is 30.3 Å². The molecule has 0 radical (unpaired) electrons. The summed E-state index contributed by atoms with van der Waals surface area (Å²) in [5.41, 5.74) is 0.814. The number of carboxylic acids is 1. The molecular weight excluding hydrogens is 292 g/mol. The fourth-order valence-corrected chi connectivity index (χ4v) is 1.84. The van der Waals surface area contributed by atoms with Crippen molar-refractivity contribution in [3.63, 3.8) is 0 Å². The minimum absolute atomic E-state index is 0.0767. The van der Waals surface area contributed by atoms with Gasteiger partial charge in [-0.25, -0.2) is 4.79 Å². The van der Waals surface area contributed by atoms with Crippen LogP contribution < -0.4 is 5.32 Å². The van der Waals surface area contributed by atoms with E-state index in [2.05, 4.69) is 10.2 Å². The molecule has 120 valence electrons. The van der Waals surface area contributed by atoms with Gasteiger partial charge < -0.3 is 15.3 Å². The van der Waals surface area contributed by atoms with Crippen LogP contribution in [0.4, 0.5) is 0 Å². The molecule has 1 aromatic rings. The zero-order chi connectivity index (χ0) is 16.4. The van der Waals surface area contributed by atoms with Crippen LogP contribution in [0.5, 0.6) is 0 Å². The van der Waals surface area contributed by atoms with Gasteiger partial charge in [-0.3, -0.25) is 4.79 Å². The first-order valence-electron chi connectivity index (χ1n) is 6.82. The molecule has 0 spiro atoms. The average Bonchev–Trinajstić information content (AvgIpc) is 2.47. The number of aliphatic carboxylic acids is 1. The normalized spacial score (nSPS) is 11.5. The number of carbonyl (C=O) groups is 2. The Bertz CT molecular complexity index is 505. The Balaban J connectivity index is 2.35. The largest absolute Gasteiger partial charge is 0.480 e. The van der Waals surface area contributed by atoms with Crippen molar-refractivity contribution >= 4 is 11.9 Å². The van der Waals surface area contributed by atoms with Gasteiger partial charge in [0.25, 0.3) is 5.09 Å². The van der Waals surface area contributed by atoms with Gasteiger partial charge in [-0.2, -0.15) is 0 Å². The lowest BCUT2D eigenvalue weighted by molar-refractivity contribution is -0.757. The van der Waals surface area contributed by atoms with E-state index in [0.717, 1.165) is 5.56 Å². The van der Waals surface area contributed by atoms with Gasteiger partial charge in [-0.15, -0.1) is 10.1 Å². The second-order valence-electron chi connectivity index (χ2n) is 4.66. The van der Waals surface area contributed by atoms with Crippen LogP contribution in [-0.2, 0) is 20.8 Å². The molecule has 0 aliphatic carbocycles. The second-order valence-corrected chi connectivity index (χ2v) is 4.66. The Morgan fingerprint density at radius 3 is 2.55 bits per heavy atom. The van der Waals surface area contributed by atoms with E-state index in [-0.39, 0.29) is 19.4 Å². The summed E-state index contributed by atoms with van der Waals surface area (Å²) in [5.74, 6) is -1.50. The van der Waals surface area contributed by atoms with Crippen LogP contribution in [0, 0.1) is 10.1 Å². The van der Waals surface area contributed by atoms with Crippen molar-refractivity contribution in [2.45, 2.75) is 31.7 Å². The number of carboxylic acid groups (broad SMARTS) is 1. The number of nitrogens with zero attached hydrogens (tertiary/aromatic N) is 1. The van der Waals surface area contributed by atoms with Crippen molar-refractivity contribution in [3.8, 4) is 0 Å². The zero-order valence-corrected chi connectivity index (χ0v) is 11.9. The molecule has 22 heavy (non-hydrogen) atoms. The molecule has 1 amide bonds. The first-order valence-corrected chi connectivity index (χ1v) is 6.82. The van der Waals surface area contributed by atoms with Crippen molar-refractivity contribution in [2.75, 3.05) is 6.61 Å². The van der Waals surface area contributed by atoms with Crippen LogP contribution in [0.1, 0.15) is 24.8 Å². The molecule has 1 rings (SSSR count). The Morgan fingerprint density at radius 1 is 1.27 bits per heavy atom. The molecule has 8 nitrogen and oxygen atoms in total. The third kappa shape index (κ3) is 7.22. The van der Waals surface area contributed by atoms with Crippen molar-refractivity contribution in [1.29, 1.82) is 0 Å². The molecule has 0 aromatic heterocycles. The maximum Gasteiger partial charge on any atom is 0.326 e. The highest BCUT2D eigenvalue weighted by Crippen LogP contribution is 2.04. The molecule has 1 aromatic carbocycles. The summed E-state index contributed by atoms with van der Waals surface area (Å²) in [4.78, 5) is 36.9. The van der Waals surface area contributed by atoms with Crippen molar-refractivity contribution in [2.24, 2.45) is 0 Å². The number of amides is 1. The molecule has 0 aliphatic rings. The predicted octanol–water partition coefficient (Wildman–Crippen LogP) is 1.18. The number of hydrogen-bond acceptors (Lipinski definition) is 5. The third-order valence-corrected chi connectivity index (χ3v) is 2.91. The second kappa shape index (κ2) is 9.32. The highest BCUT2D eigenvalue weighted by molar-refractivity contribution is 5.83. The minimum atomic E-state index is -1.10. The summed E-state index contributed by atoms with van der Waals surface area (Å²) in [7, 11) is 0. The van der Waals surface area contributed by atoms with Crippen LogP contribution >= 0.6 is 0 Å². The number of unbranched alkanes of at least 4 members (excludes halogenated alkanes) is 1. The Labute approximate surface area is 127 Å². The Hall–Kier alpha value is -2.64. The number of rotatable bonds is 10. The van der Waals surface area contributed by atoms with E-state index in [1.807, 2.05) is 6.07 Å². The molecule has 0 aliphatic heterocycles. The molecule has 0 heterocycles. The lowest BCUT2D eigenvalue weighted by Crippen LogP contribution is -2.42. The molecular formula is C14H18N2O6. The van der Waals surface area contributed by atoms with Gasteiger partial charge in [0.05, 0.1) is 6.61 Å². The van der Waals surface area contributed by atoms with Gasteiger partial charge in [0.1, 0.15) is 6.04 Å². The molecule has 1 atom stereocenters. The molecule has 8 heteroatoms. The lowest BCUT2D eigenvalue weighted by atomic mass is 10.1. The number of carbonyl (C=O) groups excluding carboxylic acids is 1. The van der Waals surface area contributed by atoms with E-state index in [4.69, 9.17) is 5.11 Å². The fraction of sp³-hybridized carbons (Fsp3) is 0.429. The number of nitrogens with one attached hydrogen (secondary N) is 1. The van der Waals surface area contributed by atoms with E-state index < -0.39 is 23.0 Å². The quantitative estimate of drug-likeness (QED) is 0.380. The van der Waals surface area contributed by atoms with Gasteiger partial charge in [0.15, 0.2) is 0 Å². The summed E-state index contributed by atoms with van der Waals surface area (Å²) >= 11 is 0. The number of hydrogen-bond donors (Lipinski definition) is 2. The average molecular weight is 310 g/mol. The highest BCUT2D eigenvalue weighted by atomic mass is 16.9. The van der Waals surface area contributed by atoms with Gasteiger partial charge >= 0.3 is 5.97 Å². The SMILES string of the molecule is O=C(CCCCO[N+](=O)[O-])NC(Cc1ccccc1)C(=O)O. The summed E-state index contributed by atoms with van der Waals surface area (Å²) in [6.45, 7) is -0.0767. The first kappa shape index (κ1) is 17.4. The van der Waals surface area contributed by atoms with Crippen LogP contribution in [0.2, 0.25) is 0 Å². The minimum Gasteiger partial charge on any atom is -0.480 e. The Morgan fingerprint density at radius 2 is 1.95 bits per heavy atom. The topological polar surface area (TPSA) is 119 Å². The van der Waals surface area contributed by atoms with Gasteiger partial charge in [0, 0.05) is 12.8 Å². The summed E-state index contributed by atoms with van der Waals surface area (Å²) in [5, 5.41) is 20.6. The van der Waals surface area contributed by atoms with Crippen LogP contribution in [-0.4, -0.2) is 34.7 Å². The predicted molar refractivity (Wildman–Crippen MR) is 76.5 cm³/mol.